The van der Waals surface area contributed by atoms with Crippen molar-refractivity contribution in [1.82, 2.24) is 5.32 Å². The number of carbonyl (C=O) groups excluding carboxylic acids is 1. The summed E-state index contributed by atoms with van der Waals surface area (Å²) in [7, 11) is 0. The Kier molecular flexibility index (Phi) is 5.58. The Labute approximate surface area is 106 Å². The quantitative estimate of drug-likeness (QED) is 0.814. The van der Waals surface area contributed by atoms with Gasteiger partial charge in [0, 0.05) is 6.54 Å². The first-order chi connectivity index (χ1) is 8.54. The molecule has 0 saturated heterocycles. The summed E-state index contributed by atoms with van der Waals surface area (Å²) in [5.41, 5.74) is 0.468. The molecule has 2 N–H and O–H groups in total. The maximum Gasteiger partial charge on any atom is 0.257 e. The predicted molar refractivity (Wildman–Crippen MR) is 65.8 cm³/mol. The van der Waals surface area contributed by atoms with E-state index in [1.165, 1.54) is 12.1 Å². The number of amides is 1. The number of nitrogens with one attached hydrogen (secondary N) is 1. The van der Waals surface area contributed by atoms with Gasteiger partial charge >= 0.3 is 0 Å². The van der Waals surface area contributed by atoms with Crippen LogP contribution in [0.25, 0.3) is 0 Å². The van der Waals surface area contributed by atoms with Crippen molar-refractivity contribution in [2.45, 2.75) is 26.4 Å². The number of ether oxygens (including phenoxy) is 1. The molecule has 4 nitrogen and oxygen atoms in total. The molecule has 1 amide bonds. The predicted octanol–water partition coefficient (Wildman–Crippen LogP) is 1.78. The molecule has 1 aromatic carbocycles. The van der Waals surface area contributed by atoms with Crippen molar-refractivity contribution in [3.05, 3.63) is 29.6 Å². The monoisotopic (exact) mass is 255 g/mol. The topological polar surface area (TPSA) is 58.6 Å². The van der Waals surface area contributed by atoms with Crippen LogP contribution in [-0.4, -0.2) is 24.2 Å². The third kappa shape index (κ3) is 4.33. The molecule has 0 aliphatic carbocycles. The summed E-state index contributed by atoms with van der Waals surface area (Å²) in [6.07, 6.45) is 0.102. The van der Waals surface area contributed by atoms with Gasteiger partial charge < -0.3 is 15.2 Å². The van der Waals surface area contributed by atoms with Crippen molar-refractivity contribution in [2.75, 3.05) is 13.2 Å². The zero-order chi connectivity index (χ0) is 13.5. The summed E-state index contributed by atoms with van der Waals surface area (Å²) in [6, 6.07) is 4.17. The van der Waals surface area contributed by atoms with Crippen LogP contribution in [0.3, 0.4) is 0 Å². The van der Waals surface area contributed by atoms with E-state index < -0.39 is 11.9 Å². The standard InChI is InChI=1S/C13H18FNO3/c1-3-6-15-13(17)8-18-12-5-4-10(9(2)16)7-11(12)14/h4-5,7,9,16H,3,6,8H2,1-2H3,(H,15,17). The molecular weight excluding hydrogens is 237 g/mol. The lowest BCUT2D eigenvalue weighted by Crippen LogP contribution is -2.29. The van der Waals surface area contributed by atoms with Crippen LogP contribution >= 0.6 is 0 Å². The molecule has 0 aromatic heterocycles. The van der Waals surface area contributed by atoms with Crippen molar-refractivity contribution >= 4 is 5.91 Å². The summed E-state index contributed by atoms with van der Waals surface area (Å²) >= 11 is 0. The minimum atomic E-state index is -0.735. The van der Waals surface area contributed by atoms with Crippen LogP contribution in [0, 0.1) is 5.82 Å². The first-order valence-electron chi connectivity index (χ1n) is 5.91. The largest absolute Gasteiger partial charge is 0.481 e. The van der Waals surface area contributed by atoms with Crippen molar-refractivity contribution in [1.29, 1.82) is 0 Å². The van der Waals surface area contributed by atoms with Gasteiger partial charge in [0.1, 0.15) is 0 Å². The van der Waals surface area contributed by atoms with Crippen molar-refractivity contribution < 1.29 is 19.0 Å². The highest BCUT2D eigenvalue weighted by Crippen LogP contribution is 2.21. The molecule has 18 heavy (non-hydrogen) atoms. The highest BCUT2D eigenvalue weighted by atomic mass is 19.1. The van der Waals surface area contributed by atoms with E-state index in [4.69, 9.17) is 4.74 Å². The maximum absolute atomic E-state index is 13.5. The van der Waals surface area contributed by atoms with Gasteiger partial charge in [-0.25, -0.2) is 4.39 Å². The van der Waals surface area contributed by atoms with E-state index in [0.717, 1.165) is 6.42 Å². The van der Waals surface area contributed by atoms with E-state index in [1.54, 1.807) is 13.0 Å². The molecule has 0 aliphatic rings. The second-order valence-electron chi connectivity index (χ2n) is 4.00. The molecule has 100 valence electrons. The number of benzene rings is 1. The van der Waals surface area contributed by atoms with Gasteiger partial charge in [-0.2, -0.15) is 0 Å². The molecule has 0 heterocycles. The summed E-state index contributed by atoms with van der Waals surface area (Å²) in [5.74, 6) is -0.862. The Bertz CT molecular complexity index is 407. The van der Waals surface area contributed by atoms with Crippen LogP contribution in [0.15, 0.2) is 18.2 Å². The fraction of sp³-hybridized carbons (Fsp3) is 0.462. The highest BCUT2D eigenvalue weighted by molar-refractivity contribution is 5.77. The van der Waals surface area contributed by atoms with E-state index in [2.05, 4.69) is 5.32 Å². The fourth-order valence-corrected chi connectivity index (χ4v) is 1.35. The summed E-state index contributed by atoms with van der Waals surface area (Å²) in [5, 5.41) is 11.9. The first kappa shape index (κ1) is 14.4. The van der Waals surface area contributed by atoms with Gasteiger partial charge in [-0.3, -0.25) is 4.79 Å². The van der Waals surface area contributed by atoms with Gasteiger partial charge in [0.25, 0.3) is 5.91 Å². The third-order valence-corrected chi connectivity index (χ3v) is 2.37. The second-order valence-corrected chi connectivity index (χ2v) is 4.00. The molecule has 0 aliphatic heterocycles. The summed E-state index contributed by atoms with van der Waals surface area (Å²) < 4.78 is 18.6. The maximum atomic E-state index is 13.5. The Hall–Kier alpha value is -1.62. The van der Waals surface area contributed by atoms with Gasteiger partial charge in [0.15, 0.2) is 18.2 Å². The van der Waals surface area contributed by atoms with Gasteiger partial charge in [-0.1, -0.05) is 13.0 Å². The first-order valence-corrected chi connectivity index (χ1v) is 5.91. The van der Waals surface area contributed by atoms with Crippen LogP contribution < -0.4 is 10.1 Å². The fourth-order valence-electron chi connectivity index (χ4n) is 1.35. The van der Waals surface area contributed by atoms with Crippen LogP contribution in [0.4, 0.5) is 4.39 Å². The highest BCUT2D eigenvalue weighted by Gasteiger charge is 2.09. The van der Waals surface area contributed by atoms with Gasteiger partial charge in [0.2, 0.25) is 0 Å². The molecule has 1 atom stereocenters. The molecule has 0 fully saturated rings. The summed E-state index contributed by atoms with van der Waals surface area (Å²) in [6.45, 7) is 3.85. The lowest BCUT2D eigenvalue weighted by Gasteiger charge is -2.10. The van der Waals surface area contributed by atoms with Gasteiger partial charge in [0.05, 0.1) is 6.10 Å². The van der Waals surface area contributed by atoms with Crippen LogP contribution in [0.1, 0.15) is 31.9 Å². The molecule has 1 unspecified atom stereocenters. The lowest BCUT2D eigenvalue weighted by molar-refractivity contribution is -0.123. The van der Waals surface area contributed by atoms with E-state index in [1.807, 2.05) is 6.92 Å². The van der Waals surface area contributed by atoms with Crippen molar-refractivity contribution in [3.8, 4) is 5.75 Å². The van der Waals surface area contributed by atoms with Crippen molar-refractivity contribution in [2.24, 2.45) is 0 Å². The zero-order valence-electron chi connectivity index (χ0n) is 10.6. The molecule has 0 radical (unpaired) electrons. The Balaban J connectivity index is 2.55. The molecule has 0 spiro atoms. The van der Waals surface area contributed by atoms with E-state index in [9.17, 15) is 14.3 Å². The number of aliphatic hydroxyl groups excluding tert-OH is 1. The minimum absolute atomic E-state index is 0.00560. The number of rotatable bonds is 6. The normalized spacial score (nSPS) is 12.0. The van der Waals surface area contributed by atoms with E-state index in [-0.39, 0.29) is 18.3 Å². The van der Waals surface area contributed by atoms with E-state index >= 15 is 0 Å². The van der Waals surface area contributed by atoms with Crippen LogP contribution in [0.2, 0.25) is 0 Å². The second kappa shape index (κ2) is 6.96. The Morgan fingerprint density at radius 2 is 2.28 bits per heavy atom. The molecular formula is C13H18FNO3. The molecule has 0 saturated carbocycles. The lowest BCUT2D eigenvalue weighted by atomic mass is 10.1. The van der Waals surface area contributed by atoms with Crippen molar-refractivity contribution in [3.63, 3.8) is 0 Å². The average molecular weight is 255 g/mol. The molecule has 5 heteroatoms. The molecule has 1 aromatic rings. The zero-order valence-corrected chi connectivity index (χ0v) is 10.6. The average Bonchev–Trinajstić information content (AvgIpc) is 2.34. The molecule has 1 rings (SSSR count). The van der Waals surface area contributed by atoms with Gasteiger partial charge in [-0.05, 0) is 31.0 Å². The smallest absolute Gasteiger partial charge is 0.257 e. The number of hydrogen-bond acceptors (Lipinski definition) is 3. The Morgan fingerprint density at radius 3 is 2.83 bits per heavy atom. The number of carbonyl (C=O) groups is 1. The number of aliphatic hydroxyl groups is 1. The minimum Gasteiger partial charge on any atom is -0.481 e. The SMILES string of the molecule is CCCNC(=O)COc1ccc(C(C)O)cc1F. The summed E-state index contributed by atoms with van der Waals surface area (Å²) in [4.78, 5) is 11.3. The van der Waals surface area contributed by atoms with Gasteiger partial charge in [-0.15, -0.1) is 0 Å². The third-order valence-electron chi connectivity index (χ3n) is 2.37. The van der Waals surface area contributed by atoms with Crippen LogP contribution in [-0.2, 0) is 4.79 Å². The molecule has 0 bridgehead atoms. The number of hydrogen-bond donors (Lipinski definition) is 2. The van der Waals surface area contributed by atoms with E-state index in [0.29, 0.717) is 12.1 Å². The Morgan fingerprint density at radius 1 is 1.56 bits per heavy atom. The number of halogens is 1. The van der Waals surface area contributed by atoms with Crippen LogP contribution in [0.5, 0.6) is 5.75 Å².